The molecule has 240 valence electrons. The van der Waals surface area contributed by atoms with E-state index in [-0.39, 0.29) is 0 Å². The van der Waals surface area contributed by atoms with Crippen molar-refractivity contribution in [2.75, 3.05) is 19.8 Å². The van der Waals surface area contributed by atoms with Crippen molar-refractivity contribution in [3.63, 3.8) is 0 Å². The summed E-state index contributed by atoms with van der Waals surface area (Å²) < 4.78 is 3.60. The summed E-state index contributed by atoms with van der Waals surface area (Å²) in [6, 6.07) is 8.53. The summed E-state index contributed by atoms with van der Waals surface area (Å²) >= 11 is 0. The molecule has 0 aliphatic rings. The molecule has 8 N–H and O–H groups in total. The van der Waals surface area contributed by atoms with Crippen LogP contribution in [0.3, 0.4) is 0 Å². The van der Waals surface area contributed by atoms with Gasteiger partial charge >= 0.3 is 17.2 Å². The maximum absolute atomic E-state index is 13.2. The highest BCUT2D eigenvalue weighted by Gasteiger charge is 2.55. The Kier molecular flexibility index (Phi) is 17.3. The van der Waals surface area contributed by atoms with E-state index in [0.717, 1.165) is 95.9 Å². The second-order valence-electron chi connectivity index (χ2n) is 11.0. The molecule has 0 unspecified atom stereocenters. The standard InChI is InChI=1S/C31H48O4.H4O5P2/c1-7-11-24-15-22(5)16-25(12-8-2)28(24)31(35,30(19-32,20-33)21-34)29-26(13-9-3)17-23(6)18-27(29)14-10-4;1-6(2)5-7(3)4/h15-18,32-35H,7-14,19-21H2,1-6H3;1-4H. The second kappa shape index (κ2) is 18.7. The maximum atomic E-state index is 13.2. The third-order valence-corrected chi connectivity index (χ3v) is 8.68. The van der Waals surface area contributed by atoms with Crippen LogP contribution in [0.4, 0.5) is 0 Å². The molecular weight excluding hydrogens is 578 g/mol. The van der Waals surface area contributed by atoms with E-state index < -0.39 is 48.0 Å². The van der Waals surface area contributed by atoms with Crippen molar-refractivity contribution in [1.82, 2.24) is 0 Å². The Bertz CT molecular complexity index is 954. The first-order valence-electron chi connectivity index (χ1n) is 14.7. The van der Waals surface area contributed by atoms with E-state index in [9.17, 15) is 20.4 Å². The fraction of sp³-hybridized carbons (Fsp3) is 0.613. The molecule has 11 heteroatoms. The molecule has 42 heavy (non-hydrogen) atoms. The monoisotopic (exact) mass is 630 g/mol. The van der Waals surface area contributed by atoms with E-state index in [4.69, 9.17) is 19.6 Å². The van der Waals surface area contributed by atoms with E-state index >= 15 is 0 Å². The van der Waals surface area contributed by atoms with Crippen LogP contribution in [0, 0.1) is 19.3 Å². The molecule has 0 saturated carbocycles. The molecule has 2 rings (SSSR count). The molecule has 2 aromatic carbocycles. The first kappa shape index (κ1) is 39.0. The Balaban J connectivity index is 0.00000112. The largest absolute Gasteiger partial charge is 0.395 e. The van der Waals surface area contributed by atoms with E-state index in [1.165, 1.54) is 0 Å². The number of hydrogen-bond donors (Lipinski definition) is 8. The maximum Gasteiger partial charge on any atom is 0.334 e. The molecule has 0 aliphatic heterocycles. The van der Waals surface area contributed by atoms with Crippen LogP contribution in [0.25, 0.3) is 0 Å². The number of hydrogen-bond acceptors (Lipinski definition) is 9. The lowest BCUT2D eigenvalue weighted by Crippen LogP contribution is -2.55. The lowest BCUT2D eigenvalue weighted by molar-refractivity contribution is -0.137. The minimum Gasteiger partial charge on any atom is -0.395 e. The Labute approximate surface area is 253 Å². The van der Waals surface area contributed by atoms with Crippen LogP contribution >= 0.6 is 17.2 Å². The molecule has 0 fully saturated rings. The molecule has 0 aliphatic carbocycles. The molecule has 0 aromatic heterocycles. The summed E-state index contributed by atoms with van der Waals surface area (Å²) in [7, 11) is -5.22. The Hall–Kier alpha value is -1.06. The molecule has 0 saturated heterocycles. The van der Waals surface area contributed by atoms with Gasteiger partial charge in [0.25, 0.3) is 0 Å². The highest BCUT2D eigenvalue weighted by atomic mass is 31.2. The zero-order valence-electron chi connectivity index (χ0n) is 26.0. The predicted octanol–water partition coefficient (Wildman–Crippen LogP) is 4.74. The highest BCUT2D eigenvalue weighted by Crippen LogP contribution is 2.51. The minimum absolute atomic E-state index is 0.535. The van der Waals surface area contributed by atoms with Gasteiger partial charge in [0.1, 0.15) is 5.60 Å². The Morgan fingerprint density at radius 1 is 0.571 bits per heavy atom. The van der Waals surface area contributed by atoms with Gasteiger partial charge in [-0.05, 0) is 72.9 Å². The molecule has 2 aromatic rings. The van der Waals surface area contributed by atoms with Gasteiger partial charge in [-0.15, -0.1) is 0 Å². The molecule has 0 radical (unpaired) electrons. The Morgan fingerprint density at radius 3 is 1.00 bits per heavy atom. The van der Waals surface area contributed by atoms with Crippen molar-refractivity contribution in [3.05, 3.63) is 68.8 Å². The van der Waals surface area contributed by atoms with Gasteiger partial charge in [-0.25, -0.2) is 4.31 Å². The summed E-state index contributed by atoms with van der Waals surface area (Å²) in [6.07, 6.45) is 6.69. The van der Waals surface area contributed by atoms with Gasteiger partial charge in [0.05, 0.1) is 25.2 Å². The third kappa shape index (κ3) is 9.47. The molecular formula is C31H52O9P2. The Morgan fingerprint density at radius 2 is 0.833 bits per heavy atom. The average Bonchev–Trinajstić information content (AvgIpc) is 2.90. The van der Waals surface area contributed by atoms with Gasteiger partial charge in [0.2, 0.25) is 0 Å². The van der Waals surface area contributed by atoms with Crippen LogP contribution in [-0.2, 0) is 35.6 Å². The minimum atomic E-state index is -2.61. The third-order valence-electron chi connectivity index (χ3n) is 7.51. The molecule has 0 heterocycles. The van der Waals surface area contributed by atoms with Crippen molar-refractivity contribution >= 4 is 17.2 Å². The summed E-state index contributed by atoms with van der Waals surface area (Å²) in [5.74, 6) is 0. The number of aryl methyl sites for hydroxylation is 6. The van der Waals surface area contributed by atoms with E-state index in [2.05, 4.69) is 70.1 Å². The van der Waals surface area contributed by atoms with Crippen LogP contribution < -0.4 is 0 Å². The van der Waals surface area contributed by atoms with Crippen molar-refractivity contribution in [2.24, 2.45) is 5.41 Å². The molecule has 0 atom stereocenters. The van der Waals surface area contributed by atoms with Crippen LogP contribution in [0.1, 0.15) is 97.9 Å². The van der Waals surface area contributed by atoms with Crippen LogP contribution in [-0.4, -0.2) is 59.8 Å². The number of aliphatic hydroxyl groups excluding tert-OH is 3. The first-order valence-corrected chi connectivity index (χ1v) is 17.0. The van der Waals surface area contributed by atoms with Crippen molar-refractivity contribution in [2.45, 2.75) is 98.5 Å². The average molecular weight is 631 g/mol. The number of rotatable bonds is 16. The zero-order chi connectivity index (χ0) is 32.1. The summed E-state index contributed by atoms with van der Waals surface area (Å²) in [5.41, 5.74) is 4.63. The van der Waals surface area contributed by atoms with Crippen molar-refractivity contribution in [3.8, 4) is 0 Å². The van der Waals surface area contributed by atoms with Gasteiger partial charge in [0.15, 0.2) is 0 Å². The molecule has 0 amide bonds. The van der Waals surface area contributed by atoms with E-state index in [0.29, 0.717) is 0 Å². The lowest BCUT2D eigenvalue weighted by atomic mass is 9.61. The molecule has 9 nitrogen and oxygen atoms in total. The van der Waals surface area contributed by atoms with E-state index in [1.54, 1.807) is 0 Å². The van der Waals surface area contributed by atoms with Gasteiger partial charge in [-0.2, -0.15) is 0 Å². The number of aliphatic hydroxyl groups is 4. The fourth-order valence-corrected chi connectivity index (χ4v) is 6.42. The van der Waals surface area contributed by atoms with Crippen molar-refractivity contribution in [1.29, 1.82) is 0 Å². The zero-order valence-corrected chi connectivity index (χ0v) is 27.8. The SMILES string of the molecule is CCCc1cc(C)cc(CCC)c1C(O)(c1c(CCC)cc(C)cc1CCC)C(CO)(CO)CO.OP(O)OP(O)O. The van der Waals surface area contributed by atoms with Gasteiger partial charge in [-0.3, -0.25) is 0 Å². The van der Waals surface area contributed by atoms with Crippen LogP contribution in [0.15, 0.2) is 24.3 Å². The van der Waals surface area contributed by atoms with Gasteiger partial charge in [-0.1, -0.05) is 88.8 Å². The predicted molar refractivity (Wildman–Crippen MR) is 169 cm³/mol. The summed E-state index contributed by atoms with van der Waals surface area (Å²) in [4.78, 5) is 31.3. The van der Waals surface area contributed by atoms with Gasteiger partial charge in [0, 0.05) is 0 Å². The topological polar surface area (TPSA) is 171 Å². The normalized spacial score (nSPS) is 12.2. The fourth-order valence-electron chi connectivity index (χ4n) is 5.89. The molecule has 0 bridgehead atoms. The quantitative estimate of drug-likeness (QED) is 0.122. The smallest absolute Gasteiger partial charge is 0.334 e. The van der Waals surface area contributed by atoms with Crippen LogP contribution in [0.5, 0.6) is 0 Å². The lowest BCUT2D eigenvalue weighted by Gasteiger charge is -2.48. The first-order chi connectivity index (χ1) is 19.9. The van der Waals surface area contributed by atoms with E-state index in [1.807, 2.05) is 0 Å². The second-order valence-corrected chi connectivity index (χ2v) is 12.6. The van der Waals surface area contributed by atoms with Gasteiger partial charge < -0.3 is 40.0 Å². The summed E-state index contributed by atoms with van der Waals surface area (Å²) in [5, 5.41) is 45.4. The van der Waals surface area contributed by atoms with Crippen molar-refractivity contribution < 1.29 is 44.3 Å². The molecule has 0 spiro atoms. The summed E-state index contributed by atoms with van der Waals surface area (Å²) in [6.45, 7) is 11.0. The number of benzene rings is 2. The van der Waals surface area contributed by atoms with Crippen LogP contribution in [0.2, 0.25) is 0 Å². The highest BCUT2D eigenvalue weighted by molar-refractivity contribution is 7.53.